The molecule has 2 aliphatic rings. The highest BCUT2D eigenvalue weighted by atomic mass is 19.4. The number of nitrogens with zero attached hydrogens (tertiary/aromatic N) is 3. The summed E-state index contributed by atoms with van der Waals surface area (Å²) in [5.41, 5.74) is 5.20. The monoisotopic (exact) mass is 294 g/mol. The highest BCUT2D eigenvalue weighted by Crippen LogP contribution is 2.29. The Morgan fingerprint density at radius 2 is 2.05 bits per heavy atom. The molecule has 8 heteroatoms. The second kappa shape index (κ2) is 6.17. The van der Waals surface area contributed by atoms with Crippen molar-refractivity contribution >= 4 is 5.84 Å². The Hall–Kier alpha value is -1.02. The minimum atomic E-state index is -4.49. The van der Waals surface area contributed by atoms with E-state index in [0.29, 0.717) is 19.1 Å². The molecular weight excluding hydrogens is 273 g/mol. The Balaban J connectivity index is 1.97. The van der Waals surface area contributed by atoms with Crippen LogP contribution in [0.15, 0.2) is 5.16 Å². The molecule has 20 heavy (non-hydrogen) atoms. The maximum absolute atomic E-state index is 12.9. The maximum atomic E-state index is 12.9. The topological polar surface area (TPSA) is 65.1 Å². The Morgan fingerprint density at radius 3 is 2.70 bits per heavy atom. The summed E-state index contributed by atoms with van der Waals surface area (Å²) < 4.78 is 38.8. The van der Waals surface area contributed by atoms with Gasteiger partial charge in [-0.05, 0) is 19.4 Å². The number of alkyl halides is 3. The van der Waals surface area contributed by atoms with Crippen molar-refractivity contribution in [1.29, 1.82) is 0 Å². The molecule has 0 aliphatic carbocycles. The van der Waals surface area contributed by atoms with Gasteiger partial charge in [0.2, 0.25) is 0 Å². The fourth-order valence-electron chi connectivity index (χ4n) is 3.08. The molecule has 0 amide bonds. The van der Waals surface area contributed by atoms with Gasteiger partial charge in [0.25, 0.3) is 0 Å². The van der Waals surface area contributed by atoms with Crippen molar-refractivity contribution in [3.05, 3.63) is 0 Å². The van der Waals surface area contributed by atoms with Gasteiger partial charge in [-0.15, -0.1) is 0 Å². The van der Waals surface area contributed by atoms with E-state index in [9.17, 15) is 13.2 Å². The predicted octanol–water partition coefficient (Wildman–Crippen LogP) is 1.08. The van der Waals surface area contributed by atoms with Crippen molar-refractivity contribution < 1.29 is 18.4 Å². The molecule has 0 spiro atoms. The van der Waals surface area contributed by atoms with Crippen molar-refractivity contribution in [1.82, 2.24) is 9.80 Å². The molecule has 2 fully saturated rings. The van der Waals surface area contributed by atoms with E-state index >= 15 is 0 Å². The average molecular weight is 294 g/mol. The van der Waals surface area contributed by atoms with Crippen molar-refractivity contribution in [2.45, 2.75) is 31.5 Å². The van der Waals surface area contributed by atoms with Crippen molar-refractivity contribution in [2.75, 3.05) is 32.7 Å². The van der Waals surface area contributed by atoms with Gasteiger partial charge in [-0.2, -0.15) is 13.2 Å². The summed E-state index contributed by atoms with van der Waals surface area (Å²) in [6, 6.07) is 0.346. The van der Waals surface area contributed by atoms with E-state index in [1.54, 1.807) is 4.90 Å². The first-order valence-electron chi connectivity index (χ1n) is 6.92. The molecular formula is C12H21F3N4O. The zero-order chi connectivity index (χ0) is 14.8. The van der Waals surface area contributed by atoms with Crippen LogP contribution in [0.2, 0.25) is 0 Å². The first-order chi connectivity index (χ1) is 9.41. The molecule has 0 radical (unpaired) electrons. The minimum absolute atomic E-state index is 0.232. The Kier molecular flexibility index (Phi) is 4.74. The van der Waals surface area contributed by atoms with Crippen LogP contribution in [0.4, 0.5) is 13.2 Å². The van der Waals surface area contributed by atoms with E-state index in [0.717, 1.165) is 25.9 Å². The number of hydrogen-bond acceptors (Lipinski definition) is 4. The number of hydrogen-bond donors (Lipinski definition) is 2. The Morgan fingerprint density at radius 1 is 1.30 bits per heavy atom. The van der Waals surface area contributed by atoms with Crippen LogP contribution in [0, 0.1) is 5.92 Å². The molecule has 0 saturated carbocycles. The molecule has 2 rings (SSSR count). The Bertz CT molecular complexity index is 361. The van der Waals surface area contributed by atoms with Gasteiger partial charge in [-0.1, -0.05) is 11.6 Å². The van der Waals surface area contributed by atoms with Gasteiger partial charge >= 0.3 is 6.18 Å². The molecule has 2 heterocycles. The van der Waals surface area contributed by atoms with Gasteiger partial charge in [0.15, 0.2) is 5.84 Å². The van der Waals surface area contributed by atoms with Gasteiger partial charge < -0.3 is 10.9 Å². The second-order valence-electron chi connectivity index (χ2n) is 5.56. The lowest BCUT2D eigenvalue weighted by Crippen LogP contribution is -2.57. The van der Waals surface area contributed by atoms with Crippen LogP contribution in [0.25, 0.3) is 0 Å². The number of fused-ring (bicyclic) bond motifs is 1. The molecule has 0 aromatic heterocycles. The van der Waals surface area contributed by atoms with Gasteiger partial charge in [0.1, 0.15) is 5.92 Å². The van der Waals surface area contributed by atoms with Gasteiger partial charge in [0, 0.05) is 32.2 Å². The number of nitrogens with two attached hydrogens (primary N) is 1. The number of piperazine rings is 1. The van der Waals surface area contributed by atoms with E-state index in [1.807, 2.05) is 0 Å². The molecule has 116 valence electrons. The molecule has 5 nitrogen and oxygen atoms in total. The van der Waals surface area contributed by atoms with Crippen LogP contribution >= 0.6 is 0 Å². The van der Waals surface area contributed by atoms with Gasteiger partial charge in [0.05, 0.1) is 0 Å². The molecule has 0 aromatic rings. The smallest absolute Gasteiger partial charge is 0.400 e. The molecule has 3 N–H and O–H groups in total. The normalized spacial score (nSPS) is 28.1. The largest absolute Gasteiger partial charge is 0.409 e. The summed E-state index contributed by atoms with van der Waals surface area (Å²) >= 11 is 0. The molecule has 2 aliphatic heterocycles. The van der Waals surface area contributed by atoms with Crippen molar-refractivity contribution in [2.24, 2.45) is 16.8 Å². The molecule has 2 saturated heterocycles. The SMILES string of the molecule is NC(=NO)C(CN1CCN2CCCCC2C1)C(F)(F)F. The summed E-state index contributed by atoms with van der Waals surface area (Å²) in [5.74, 6) is -2.66. The third kappa shape index (κ3) is 3.54. The van der Waals surface area contributed by atoms with Crippen molar-refractivity contribution in [3.8, 4) is 0 Å². The molecule has 0 bridgehead atoms. The van der Waals surface area contributed by atoms with Crippen LogP contribution in [0.1, 0.15) is 19.3 Å². The third-order valence-corrected chi connectivity index (χ3v) is 4.23. The van der Waals surface area contributed by atoms with E-state index in [4.69, 9.17) is 10.9 Å². The highest BCUT2D eigenvalue weighted by molar-refractivity contribution is 5.83. The Labute approximate surface area is 116 Å². The minimum Gasteiger partial charge on any atom is -0.409 e. The second-order valence-corrected chi connectivity index (χ2v) is 5.56. The van der Waals surface area contributed by atoms with E-state index < -0.39 is 17.9 Å². The lowest BCUT2D eigenvalue weighted by atomic mass is 9.98. The first kappa shape index (κ1) is 15.4. The summed E-state index contributed by atoms with van der Waals surface area (Å²) in [4.78, 5) is 4.13. The third-order valence-electron chi connectivity index (χ3n) is 4.23. The number of piperidine rings is 1. The summed E-state index contributed by atoms with van der Waals surface area (Å²) in [5, 5.41) is 11.1. The average Bonchev–Trinajstić information content (AvgIpc) is 2.42. The molecule has 0 aromatic carbocycles. The summed E-state index contributed by atoms with van der Waals surface area (Å²) in [6.45, 7) is 2.84. The van der Waals surface area contributed by atoms with Crippen molar-refractivity contribution in [3.63, 3.8) is 0 Å². The van der Waals surface area contributed by atoms with Crippen LogP contribution in [0.3, 0.4) is 0 Å². The van der Waals surface area contributed by atoms with Crippen LogP contribution < -0.4 is 5.73 Å². The summed E-state index contributed by atoms with van der Waals surface area (Å²) in [7, 11) is 0. The van der Waals surface area contributed by atoms with Crippen LogP contribution in [-0.2, 0) is 0 Å². The van der Waals surface area contributed by atoms with E-state index in [-0.39, 0.29) is 6.54 Å². The summed E-state index contributed by atoms with van der Waals surface area (Å²) in [6.07, 6.45) is -1.14. The predicted molar refractivity (Wildman–Crippen MR) is 68.6 cm³/mol. The van der Waals surface area contributed by atoms with Gasteiger partial charge in [-0.25, -0.2) is 0 Å². The lowest BCUT2D eigenvalue weighted by Gasteiger charge is -2.44. The fourth-order valence-corrected chi connectivity index (χ4v) is 3.08. The van der Waals surface area contributed by atoms with Crippen LogP contribution in [0.5, 0.6) is 0 Å². The maximum Gasteiger partial charge on any atom is 0.400 e. The molecule has 2 atom stereocenters. The van der Waals surface area contributed by atoms with Crippen LogP contribution in [-0.4, -0.2) is 65.8 Å². The highest BCUT2D eigenvalue weighted by Gasteiger charge is 2.44. The first-order valence-corrected chi connectivity index (χ1v) is 6.92. The zero-order valence-corrected chi connectivity index (χ0v) is 11.3. The fraction of sp³-hybridized carbons (Fsp3) is 0.917. The lowest BCUT2D eigenvalue weighted by molar-refractivity contribution is -0.162. The number of halogens is 3. The number of oxime groups is 1. The number of rotatable bonds is 3. The number of amidine groups is 1. The quantitative estimate of drug-likeness (QED) is 0.354. The standard InChI is InChI=1S/C12H21F3N4O/c13-12(14,15)10(11(16)17-20)8-18-5-6-19-4-2-1-3-9(19)7-18/h9-10,20H,1-8H2,(H2,16,17). The van der Waals surface area contributed by atoms with E-state index in [1.165, 1.54) is 6.42 Å². The molecule has 2 unspecified atom stereocenters. The van der Waals surface area contributed by atoms with Gasteiger partial charge in [-0.3, -0.25) is 9.80 Å². The van der Waals surface area contributed by atoms with E-state index in [2.05, 4.69) is 10.1 Å². The zero-order valence-electron chi connectivity index (χ0n) is 11.3.